The van der Waals surface area contributed by atoms with Crippen molar-refractivity contribution >= 4 is 23.5 Å². The first kappa shape index (κ1) is 18.2. The number of carboxylic acids is 1. The summed E-state index contributed by atoms with van der Waals surface area (Å²) in [6.07, 6.45) is 0. The number of nitrogens with one attached hydrogen (secondary N) is 2. The van der Waals surface area contributed by atoms with E-state index in [1.165, 1.54) is 24.3 Å². The minimum absolute atomic E-state index is 0.0216. The van der Waals surface area contributed by atoms with Gasteiger partial charge in [-0.05, 0) is 42.0 Å². The van der Waals surface area contributed by atoms with Gasteiger partial charge in [-0.25, -0.2) is 4.79 Å². The van der Waals surface area contributed by atoms with Gasteiger partial charge in [-0.2, -0.15) is 0 Å². The SMILES string of the molecule is CC(C)C(=O)NCc1ccc(C(=O)Nc2ccc(C(=O)O)cc2)cc1. The van der Waals surface area contributed by atoms with Crippen molar-refractivity contribution in [1.29, 1.82) is 0 Å². The Morgan fingerprint density at radius 3 is 2.00 bits per heavy atom. The second kappa shape index (κ2) is 8.10. The molecule has 2 amide bonds. The fraction of sp³-hybridized carbons (Fsp3) is 0.211. The van der Waals surface area contributed by atoms with Crippen molar-refractivity contribution in [1.82, 2.24) is 5.32 Å². The second-order valence-corrected chi connectivity index (χ2v) is 5.91. The molecule has 0 aliphatic rings. The molecule has 0 heterocycles. The number of carbonyl (C=O) groups excluding carboxylic acids is 2. The number of hydrogen-bond acceptors (Lipinski definition) is 3. The molecule has 0 unspecified atom stereocenters. The van der Waals surface area contributed by atoms with Gasteiger partial charge in [-0.3, -0.25) is 9.59 Å². The topological polar surface area (TPSA) is 95.5 Å². The zero-order valence-electron chi connectivity index (χ0n) is 14.1. The lowest BCUT2D eigenvalue weighted by atomic mass is 10.1. The fourth-order valence-corrected chi connectivity index (χ4v) is 2.07. The summed E-state index contributed by atoms with van der Waals surface area (Å²) in [4.78, 5) is 34.6. The van der Waals surface area contributed by atoms with Gasteiger partial charge in [0, 0.05) is 23.7 Å². The van der Waals surface area contributed by atoms with Crippen LogP contribution in [-0.2, 0) is 11.3 Å². The summed E-state index contributed by atoms with van der Waals surface area (Å²) < 4.78 is 0. The highest BCUT2D eigenvalue weighted by molar-refractivity contribution is 6.04. The number of hydrogen-bond donors (Lipinski definition) is 3. The van der Waals surface area contributed by atoms with Gasteiger partial charge in [0.05, 0.1) is 5.56 Å². The predicted molar refractivity (Wildman–Crippen MR) is 94.5 cm³/mol. The highest BCUT2D eigenvalue weighted by Gasteiger charge is 2.09. The lowest BCUT2D eigenvalue weighted by molar-refractivity contribution is -0.124. The Morgan fingerprint density at radius 1 is 0.920 bits per heavy atom. The quantitative estimate of drug-likeness (QED) is 0.753. The highest BCUT2D eigenvalue weighted by atomic mass is 16.4. The standard InChI is InChI=1S/C19H20N2O4/c1-12(2)17(22)20-11-13-3-5-14(6-4-13)18(23)21-16-9-7-15(8-10-16)19(24)25/h3-10,12H,11H2,1-2H3,(H,20,22)(H,21,23)(H,24,25). The van der Waals surface area contributed by atoms with Crippen LogP contribution in [-0.4, -0.2) is 22.9 Å². The lowest BCUT2D eigenvalue weighted by Gasteiger charge is -2.09. The van der Waals surface area contributed by atoms with Crippen molar-refractivity contribution in [3.8, 4) is 0 Å². The average molecular weight is 340 g/mol. The van der Waals surface area contributed by atoms with Gasteiger partial charge < -0.3 is 15.7 Å². The Balaban J connectivity index is 1.95. The summed E-state index contributed by atoms with van der Waals surface area (Å²) >= 11 is 0. The first-order valence-electron chi connectivity index (χ1n) is 7.88. The van der Waals surface area contributed by atoms with Gasteiger partial charge >= 0.3 is 5.97 Å². The third kappa shape index (κ3) is 5.17. The lowest BCUT2D eigenvalue weighted by Crippen LogP contribution is -2.27. The van der Waals surface area contributed by atoms with E-state index in [0.717, 1.165) is 5.56 Å². The number of benzene rings is 2. The minimum Gasteiger partial charge on any atom is -0.478 e. The average Bonchev–Trinajstić information content (AvgIpc) is 2.60. The monoisotopic (exact) mass is 340 g/mol. The van der Waals surface area contributed by atoms with E-state index in [1.807, 2.05) is 13.8 Å². The van der Waals surface area contributed by atoms with Crippen LogP contribution >= 0.6 is 0 Å². The van der Waals surface area contributed by atoms with E-state index in [2.05, 4.69) is 10.6 Å². The van der Waals surface area contributed by atoms with Crippen molar-refractivity contribution in [2.24, 2.45) is 5.92 Å². The Bertz CT molecular complexity index is 765. The molecule has 6 heteroatoms. The molecule has 0 atom stereocenters. The maximum Gasteiger partial charge on any atom is 0.335 e. The number of anilines is 1. The van der Waals surface area contributed by atoms with E-state index >= 15 is 0 Å². The van der Waals surface area contributed by atoms with Crippen LogP contribution in [0.5, 0.6) is 0 Å². The predicted octanol–water partition coefficient (Wildman–Crippen LogP) is 2.91. The number of aromatic carboxylic acids is 1. The summed E-state index contributed by atoms with van der Waals surface area (Å²) in [5.74, 6) is -1.40. The van der Waals surface area contributed by atoms with Crippen LogP contribution in [0.4, 0.5) is 5.69 Å². The molecule has 25 heavy (non-hydrogen) atoms. The normalized spacial score (nSPS) is 10.4. The number of carboxylic acid groups (broad SMARTS) is 1. The fourth-order valence-electron chi connectivity index (χ4n) is 2.07. The molecule has 0 bridgehead atoms. The van der Waals surface area contributed by atoms with Crippen LogP contribution in [0.2, 0.25) is 0 Å². The van der Waals surface area contributed by atoms with Gasteiger partial charge in [-0.15, -0.1) is 0 Å². The molecule has 2 rings (SSSR count). The molecular weight excluding hydrogens is 320 g/mol. The van der Waals surface area contributed by atoms with E-state index in [9.17, 15) is 14.4 Å². The molecule has 0 saturated carbocycles. The summed E-state index contributed by atoms with van der Waals surface area (Å²) in [6, 6.07) is 12.9. The van der Waals surface area contributed by atoms with E-state index in [4.69, 9.17) is 5.11 Å². The second-order valence-electron chi connectivity index (χ2n) is 5.91. The Kier molecular flexibility index (Phi) is 5.89. The van der Waals surface area contributed by atoms with E-state index in [0.29, 0.717) is 17.8 Å². The summed E-state index contributed by atoms with van der Waals surface area (Å²) in [5.41, 5.74) is 2.05. The third-order valence-electron chi connectivity index (χ3n) is 3.60. The molecule has 0 aliphatic carbocycles. The first-order valence-corrected chi connectivity index (χ1v) is 7.88. The van der Waals surface area contributed by atoms with Gasteiger partial charge in [0.2, 0.25) is 5.91 Å². The summed E-state index contributed by atoms with van der Waals surface area (Å²) in [6.45, 7) is 4.06. The Morgan fingerprint density at radius 2 is 1.48 bits per heavy atom. The molecule has 130 valence electrons. The Labute approximate surface area is 145 Å². The van der Waals surface area contributed by atoms with Crippen LogP contribution in [0.15, 0.2) is 48.5 Å². The molecule has 0 aromatic heterocycles. The van der Waals surface area contributed by atoms with Gasteiger partial charge in [0.1, 0.15) is 0 Å². The van der Waals surface area contributed by atoms with Crippen LogP contribution in [0.25, 0.3) is 0 Å². The smallest absolute Gasteiger partial charge is 0.335 e. The summed E-state index contributed by atoms with van der Waals surface area (Å²) in [7, 11) is 0. The van der Waals surface area contributed by atoms with Crippen molar-refractivity contribution in [3.63, 3.8) is 0 Å². The van der Waals surface area contributed by atoms with E-state index < -0.39 is 5.97 Å². The van der Waals surface area contributed by atoms with Crippen molar-refractivity contribution in [2.75, 3.05) is 5.32 Å². The molecule has 0 fully saturated rings. The highest BCUT2D eigenvalue weighted by Crippen LogP contribution is 2.12. The molecule has 3 N–H and O–H groups in total. The van der Waals surface area contributed by atoms with E-state index in [-0.39, 0.29) is 23.3 Å². The van der Waals surface area contributed by atoms with Crippen LogP contribution in [0.3, 0.4) is 0 Å². The van der Waals surface area contributed by atoms with Gasteiger partial charge in [0.15, 0.2) is 0 Å². The molecule has 6 nitrogen and oxygen atoms in total. The van der Waals surface area contributed by atoms with Crippen LogP contribution in [0.1, 0.15) is 40.1 Å². The van der Waals surface area contributed by atoms with Crippen molar-refractivity contribution < 1.29 is 19.5 Å². The molecule has 2 aromatic rings. The molecule has 2 aromatic carbocycles. The molecule has 0 spiro atoms. The molecule has 0 saturated heterocycles. The van der Waals surface area contributed by atoms with E-state index in [1.54, 1.807) is 24.3 Å². The number of amides is 2. The molecular formula is C19H20N2O4. The maximum atomic E-state index is 12.2. The van der Waals surface area contributed by atoms with Crippen LogP contribution < -0.4 is 10.6 Å². The first-order chi connectivity index (χ1) is 11.9. The maximum absolute atomic E-state index is 12.2. The minimum atomic E-state index is -1.02. The number of rotatable bonds is 6. The molecule has 0 aliphatic heterocycles. The van der Waals surface area contributed by atoms with Gasteiger partial charge in [0.25, 0.3) is 5.91 Å². The number of carbonyl (C=O) groups is 3. The van der Waals surface area contributed by atoms with Crippen LogP contribution in [0, 0.1) is 5.92 Å². The van der Waals surface area contributed by atoms with Crippen molar-refractivity contribution in [2.45, 2.75) is 20.4 Å². The Hall–Kier alpha value is -3.15. The molecule has 0 radical (unpaired) electrons. The van der Waals surface area contributed by atoms with Crippen molar-refractivity contribution in [3.05, 3.63) is 65.2 Å². The summed E-state index contributed by atoms with van der Waals surface area (Å²) in [5, 5.41) is 14.4. The zero-order valence-corrected chi connectivity index (χ0v) is 14.1. The largest absolute Gasteiger partial charge is 0.478 e. The zero-order chi connectivity index (χ0) is 18.4. The third-order valence-corrected chi connectivity index (χ3v) is 3.60. The van der Waals surface area contributed by atoms with Gasteiger partial charge in [-0.1, -0.05) is 26.0 Å².